The summed E-state index contributed by atoms with van der Waals surface area (Å²) in [5, 5.41) is 4.65. The molecule has 0 unspecified atom stereocenters. The Morgan fingerprint density at radius 3 is 1.16 bits per heavy atom. The van der Waals surface area contributed by atoms with Crippen LogP contribution in [0, 0.1) is 36.9 Å². The third kappa shape index (κ3) is 10.8. The fourth-order valence-electron chi connectivity index (χ4n) is 9.95. The number of anilines is 2. The number of fused-ring (bicyclic) bond motifs is 4. The largest absolute Gasteiger partial charge is 0.511 e. The van der Waals surface area contributed by atoms with E-state index in [9.17, 15) is 0 Å². The standard InChI is InChI=1S/C68H58N8O2.2Pt/c1-67(2,3)49-35-51(73-43-75(61-25-17-15-23-59(61)73)65-33-47-21-13-11-19-45(47)31-63(65)71(7)8)39-55(37-49)77-53-27-29-69-57(41-53)58-42-54(28-30-70-58)78-56-38-50(68(4,5)6)36-52(40-56)74-44-76(62-26-18-16-24-60(62)74)66-34-48-22-14-12-20-46(48)32-64(66)72(9)10;;/h11-38H,1-10H3;;/q-4;;. The minimum atomic E-state index is -0.224. The normalized spacial score (nSPS) is 11.7. The first-order valence-corrected chi connectivity index (χ1v) is 26.1. The van der Waals surface area contributed by atoms with Crippen LogP contribution in [0.1, 0.15) is 52.7 Å². The summed E-state index contributed by atoms with van der Waals surface area (Å²) in [6.45, 7) is 13.2. The Bertz CT molecular complexity index is 4010. The minimum Gasteiger partial charge on any atom is -0.511 e. The third-order valence-electron chi connectivity index (χ3n) is 14.1. The van der Waals surface area contributed by atoms with Gasteiger partial charge in [0.2, 0.25) is 0 Å². The summed E-state index contributed by atoms with van der Waals surface area (Å²) >= 11 is 0. The molecule has 0 bridgehead atoms. The molecule has 0 atom stereocenters. The molecule has 4 aromatic heterocycles. The Labute approximate surface area is 497 Å². The number of rotatable bonds is 11. The molecule has 12 rings (SSSR count). The molecule has 0 amide bonds. The second kappa shape index (κ2) is 22.0. The molecule has 0 N–H and O–H groups in total. The monoisotopic (exact) mass is 1410 g/mol. The van der Waals surface area contributed by atoms with Crippen LogP contribution >= 0.6 is 0 Å². The van der Waals surface area contributed by atoms with Crippen LogP contribution in [-0.2, 0) is 53.0 Å². The van der Waals surface area contributed by atoms with E-state index in [1.165, 1.54) is 10.8 Å². The van der Waals surface area contributed by atoms with Crippen LogP contribution in [0.5, 0.6) is 23.0 Å². The maximum absolute atomic E-state index is 6.69. The molecule has 80 heavy (non-hydrogen) atoms. The van der Waals surface area contributed by atoms with E-state index in [0.717, 1.165) is 78.1 Å². The molecule has 0 fully saturated rings. The number of pyridine rings is 2. The van der Waals surface area contributed by atoms with Crippen molar-refractivity contribution in [3.8, 4) is 57.1 Å². The number of benzene rings is 8. The van der Waals surface area contributed by atoms with Gasteiger partial charge in [0.25, 0.3) is 12.7 Å². The molecule has 0 aliphatic rings. The summed E-state index contributed by atoms with van der Waals surface area (Å²) in [4.78, 5) is 13.7. The number of hydrogen-bond donors (Lipinski definition) is 0. The SMILES string of the molecule is CN(C)c1cc2ccccc2cc1-n1[c-][n+](-c2[c-]c(Oc3[c-]c(-c4[c-]c(Oc5[c-]c(-[n+]6[c-]n(-c7cc8ccccc8cc7N(C)C)c7ccccc76)cc(C(C)(C)C)c5)ccn4)ncc3)cc(C(C)(C)C)c2)c2ccccc21.[Pt].[Pt]. The zero-order valence-electron chi connectivity index (χ0n) is 46.2. The van der Waals surface area contributed by atoms with Crippen molar-refractivity contribution in [1.29, 1.82) is 0 Å². The van der Waals surface area contributed by atoms with Crippen LogP contribution in [-0.4, -0.2) is 47.3 Å². The number of ether oxygens (including phenoxy) is 2. The number of nitrogens with zero attached hydrogens (tertiary/aromatic N) is 8. The number of imidazole rings is 2. The van der Waals surface area contributed by atoms with E-state index in [-0.39, 0.29) is 53.0 Å². The first kappa shape index (κ1) is 55.4. The molecule has 4 heterocycles. The minimum absolute atomic E-state index is 0. The summed E-state index contributed by atoms with van der Waals surface area (Å²) in [6.07, 6.45) is 10.8. The van der Waals surface area contributed by atoms with E-state index in [4.69, 9.17) is 9.47 Å². The summed E-state index contributed by atoms with van der Waals surface area (Å²) < 4.78 is 21.8. The zero-order valence-corrected chi connectivity index (χ0v) is 50.7. The van der Waals surface area contributed by atoms with Gasteiger partial charge in [-0.2, -0.15) is 35.4 Å². The van der Waals surface area contributed by atoms with Gasteiger partial charge in [0.1, 0.15) is 0 Å². The van der Waals surface area contributed by atoms with Crippen molar-refractivity contribution in [3.63, 3.8) is 0 Å². The van der Waals surface area contributed by atoms with E-state index >= 15 is 0 Å². The fourth-order valence-corrected chi connectivity index (χ4v) is 9.95. The molecule has 12 aromatic rings. The van der Waals surface area contributed by atoms with E-state index in [2.05, 4.69) is 278 Å². The van der Waals surface area contributed by atoms with E-state index in [1.54, 1.807) is 24.5 Å². The van der Waals surface area contributed by atoms with Crippen LogP contribution in [0.4, 0.5) is 11.4 Å². The Morgan fingerprint density at radius 1 is 0.425 bits per heavy atom. The molecule has 0 saturated carbocycles. The van der Waals surface area contributed by atoms with Crippen molar-refractivity contribution in [3.05, 3.63) is 218 Å². The van der Waals surface area contributed by atoms with Crippen molar-refractivity contribution in [1.82, 2.24) is 19.1 Å². The molecule has 0 aliphatic heterocycles. The van der Waals surface area contributed by atoms with Gasteiger partial charge in [-0.25, -0.2) is 0 Å². The molecule has 0 spiro atoms. The molecule has 0 saturated heterocycles. The first-order chi connectivity index (χ1) is 37.5. The molecule has 8 aromatic carbocycles. The Balaban J connectivity index is 0.00000360. The zero-order chi connectivity index (χ0) is 54.0. The molecular weight excluding hydrogens is 1350 g/mol. The number of hydrogen-bond acceptors (Lipinski definition) is 6. The number of para-hydroxylation sites is 4. The average molecular weight is 1410 g/mol. The Morgan fingerprint density at radius 2 is 0.787 bits per heavy atom. The molecule has 10 nitrogen and oxygen atoms in total. The third-order valence-corrected chi connectivity index (χ3v) is 14.1. The maximum atomic E-state index is 6.69. The quantitative estimate of drug-likeness (QED) is 0.0949. The van der Waals surface area contributed by atoms with E-state index in [1.807, 2.05) is 12.1 Å². The molecular formula is C68H58N8O2Pt2-4. The van der Waals surface area contributed by atoms with E-state index < -0.39 is 0 Å². The number of aromatic nitrogens is 6. The maximum Gasteiger partial charge on any atom is 0.268 e. The van der Waals surface area contributed by atoms with Crippen LogP contribution in [0.2, 0.25) is 0 Å². The van der Waals surface area contributed by atoms with Gasteiger partial charge >= 0.3 is 0 Å². The summed E-state index contributed by atoms with van der Waals surface area (Å²) in [5.41, 5.74) is 12.3. The first-order valence-electron chi connectivity index (χ1n) is 26.1. The summed E-state index contributed by atoms with van der Waals surface area (Å²) in [7, 11) is 8.30. The average Bonchev–Trinajstić information content (AvgIpc) is 4.11. The smallest absolute Gasteiger partial charge is 0.268 e. The van der Waals surface area contributed by atoms with Gasteiger partial charge in [0, 0.05) is 105 Å². The molecule has 0 aliphatic carbocycles. The van der Waals surface area contributed by atoms with Gasteiger partial charge in [0.15, 0.2) is 0 Å². The van der Waals surface area contributed by atoms with Crippen molar-refractivity contribution in [2.24, 2.45) is 0 Å². The van der Waals surface area contributed by atoms with Gasteiger partial charge in [-0.1, -0.05) is 139 Å². The predicted octanol–water partition coefficient (Wildman–Crippen LogP) is 14.0. The van der Waals surface area contributed by atoms with Gasteiger partial charge in [-0.15, -0.1) is 47.8 Å². The predicted molar refractivity (Wildman–Crippen MR) is 311 cm³/mol. The van der Waals surface area contributed by atoms with Crippen molar-refractivity contribution in [2.75, 3.05) is 38.0 Å². The van der Waals surface area contributed by atoms with Crippen LogP contribution < -0.4 is 28.4 Å². The van der Waals surface area contributed by atoms with E-state index in [0.29, 0.717) is 34.4 Å². The van der Waals surface area contributed by atoms with Gasteiger partial charge < -0.3 is 38.4 Å². The Hall–Kier alpha value is -7.90. The van der Waals surface area contributed by atoms with Gasteiger partial charge in [-0.05, 0) is 80.4 Å². The fraction of sp³-hybridized carbons (Fsp3) is 0.176. The second-order valence-electron chi connectivity index (χ2n) is 22.2. The molecule has 12 heteroatoms. The van der Waals surface area contributed by atoms with Crippen molar-refractivity contribution >= 4 is 55.0 Å². The summed E-state index contributed by atoms with van der Waals surface area (Å²) in [5.74, 6) is 1.94. The van der Waals surface area contributed by atoms with Crippen LogP contribution in [0.15, 0.2) is 170 Å². The molecule has 0 radical (unpaired) electrons. The van der Waals surface area contributed by atoms with Crippen molar-refractivity contribution in [2.45, 2.75) is 52.4 Å². The second-order valence-corrected chi connectivity index (χ2v) is 22.2. The Kier molecular flexibility index (Phi) is 15.2. The van der Waals surface area contributed by atoms with Crippen LogP contribution in [0.25, 0.3) is 77.7 Å². The topological polar surface area (TPSA) is 68.3 Å². The van der Waals surface area contributed by atoms with Gasteiger partial charge in [-0.3, -0.25) is 9.13 Å². The van der Waals surface area contributed by atoms with Crippen molar-refractivity contribution < 1.29 is 60.7 Å². The summed E-state index contributed by atoms with van der Waals surface area (Å²) in [6, 6.07) is 68.5. The van der Waals surface area contributed by atoms with Crippen LogP contribution in [0.3, 0.4) is 0 Å². The molecule has 406 valence electrons. The van der Waals surface area contributed by atoms with Gasteiger partial charge in [0.05, 0.1) is 33.4 Å².